The lowest BCUT2D eigenvalue weighted by Crippen LogP contribution is -2.19. The molecule has 0 bridgehead atoms. The molecule has 53 valence electrons. The van der Waals surface area contributed by atoms with Crippen molar-refractivity contribution in [2.45, 2.75) is 19.3 Å². The molecule has 0 aromatic heterocycles. The van der Waals surface area contributed by atoms with Gasteiger partial charge in [-0.3, -0.25) is 10.3 Å². The summed E-state index contributed by atoms with van der Waals surface area (Å²) in [4.78, 5) is 4.22. The van der Waals surface area contributed by atoms with E-state index in [9.17, 15) is 0 Å². The summed E-state index contributed by atoms with van der Waals surface area (Å²) in [5.74, 6) is 0. The van der Waals surface area contributed by atoms with E-state index in [1.165, 1.54) is 24.1 Å². The number of allylic oxidation sites excluding steroid dienone is 1. The molecule has 2 aliphatic heterocycles. The number of dihydropyridines is 1. The van der Waals surface area contributed by atoms with Gasteiger partial charge >= 0.3 is 0 Å². The second-order valence-electron chi connectivity index (χ2n) is 2.76. The van der Waals surface area contributed by atoms with Gasteiger partial charge in [-0.15, -0.1) is 0 Å². The van der Waals surface area contributed by atoms with E-state index in [0.29, 0.717) is 0 Å². The fourth-order valence-electron chi connectivity index (χ4n) is 1.47. The molecule has 0 N–H and O–H groups in total. The average molecular weight is 135 g/mol. The highest BCUT2D eigenvalue weighted by Crippen LogP contribution is 2.20. The molecule has 2 aliphatic rings. The van der Waals surface area contributed by atoms with Gasteiger partial charge in [0.1, 0.15) is 0 Å². The van der Waals surface area contributed by atoms with E-state index in [0.717, 1.165) is 19.5 Å². The zero-order chi connectivity index (χ0) is 6.81. The van der Waals surface area contributed by atoms with Crippen LogP contribution in [-0.4, -0.2) is 19.3 Å². The zero-order valence-corrected chi connectivity index (χ0v) is 6.01. The zero-order valence-electron chi connectivity index (χ0n) is 6.01. The van der Waals surface area contributed by atoms with E-state index >= 15 is 0 Å². The van der Waals surface area contributed by atoms with E-state index in [4.69, 9.17) is 0 Å². The monoisotopic (exact) mass is 135 g/mol. The highest BCUT2D eigenvalue weighted by molar-refractivity contribution is 5.63. The number of rotatable bonds is 0. The van der Waals surface area contributed by atoms with Crippen LogP contribution < -0.4 is 5.32 Å². The lowest BCUT2D eigenvalue weighted by atomic mass is 10.0. The SMILES string of the molecule is C1=NCC2=C(C1)[N]CCC2. The molecular weight excluding hydrogens is 124 g/mol. The molecule has 0 saturated carbocycles. The van der Waals surface area contributed by atoms with Gasteiger partial charge in [0.05, 0.1) is 6.54 Å². The van der Waals surface area contributed by atoms with Crippen LogP contribution in [0.5, 0.6) is 0 Å². The smallest absolute Gasteiger partial charge is 0.0616 e. The van der Waals surface area contributed by atoms with Gasteiger partial charge in [0.15, 0.2) is 0 Å². The predicted octanol–water partition coefficient (Wildman–Crippen LogP) is 1.11. The minimum Gasteiger partial charge on any atom is -0.293 e. The number of hydrogen-bond donors (Lipinski definition) is 0. The molecule has 10 heavy (non-hydrogen) atoms. The third-order valence-electron chi connectivity index (χ3n) is 2.04. The summed E-state index contributed by atoms with van der Waals surface area (Å²) >= 11 is 0. The third kappa shape index (κ3) is 0.939. The summed E-state index contributed by atoms with van der Waals surface area (Å²) in [6, 6.07) is 0. The minimum atomic E-state index is 0.916. The van der Waals surface area contributed by atoms with Crippen molar-refractivity contribution in [1.29, 1.82) is 0 Å². The Labute approximate surface area is 61.0 Å². The molecule has 0 saturated heterocycles. The van der Waals surface area contributed by atoms with Gasteiger partial charge in [-0.1, -0.05) is 0 Å². The Bertz CT molecular complexity index is 171. The fourth-order valence-corrected chi connectivity index (χ4v) is 1.47. The first kappa shape index (κ1) is 5.96. The Kier molecular flexibility index (Phi) is 1.46. The quantitative estimate of drug-likeness (QED) is 0.476. The van der Waals surface area contributed by atoms with Gasteiger partial charge in [-0.25, -0.2) is 0 Å². The second kappa shape index (κ2) is 2.45. The summed E-state index contributed by atoms with van der Waals surface area (Å²) in [5.41, 5.74) is 2.80. The molecule has 2 nitrogen and oxygen atoms in total. The van der Waals surface area contributed by atoms with Crippen LogP contribution in [0.4, 0.5) is 0 Å². The van der Waals surface area contributed by atoms with Crippen LogP contribution in [-0.2, 0) is 0 Å². The number of aliphatic imine (C=N–C) groups is 1. The lowest BCUT2D eigenvalue weighted by molar-refractivity contribution is 0.630. The Morgan fingerprint density at radius 1 is 1.40 bits per heavy atom. The van der Waals surface area contributed by atoms with Gasteiger partial charge in [0, 0.05) is 24.9 Å². The van der Waals surface area contributed by atoms with E-state index in [2.05, 4.69) is 10.3 Å². The molecule has 2 heteroatoms. The Balaban J connectivity index is 2.17. The maximum Gasteiger partial charge on any atom is 0.0616 e. The van der Waals surface area contributed by atoms with Crippen LogP contribution in [0, 0.1) is 0 Å². The van der Waals surface area contributed by atoms with E-state index in [1.807, 2.05) is 6.21 Å². The Morgan fingerprint density at radius 2 is 2.40 bits per heavy atom. The summed E-state index contributed by atoms with van der Waals surface area (Å²) in [5, 5.41) is 4.44. The van der Waals surface area contributed by atoms with Crippen molar-refractivity contribution in [3.63, 3.8) is 0 Å². The van der Waals surface area contributed by atoms with Crippen molar-refractivity contribution >= 4 is 6.21 Å². The maximum absolute atomic E-state index is 4.44. The standard InChI is InChI=1S/C8H11N2/c1-2-7-6-9-5-3-8(7)10-4-1/h5H,1-4,6H2. The van der Waals surface area contributed by atoms with Crippen LogP contribution in [0.1, 0.15) is 19.3 Å². The molecule has 2 heterocycles. The molecule has 0 spiro atoms. The van der Waals surface area contributed by atoms with Crippen molar-refractivity contribution < 1.29 is 0 Å². The van der Waals surface area contributed by atoms with Gasteiger partial charge < -0.3 is 0 Å². The fraction of sp³-hybridized carbons (Fsp3) is 0.625. The molecule has 0 amide bonds. The normalized spacial score (nSPS) is 24.0. The summed E-state index contributed by atoms with van der Waals surface area (Å²) in [6.07, 6.45) is 5.42. The Morgan fingerprint density at radius 3 is 3.30 bits per heavy atom. The summed E-state index contributed by atoms with van der Waals surface area (Å²) in [6.45, 7) is 1.95. The number of nitrogens with zero attached hydrogens (tertiary/aromatic N) is 2. The van der Waals surface area contributed by atoms with E-state index in [-0.39, 0.29) is 0 Å². The first-order valence-corrected chi connectivity index (χ1v) is 3.83. The summed E-state index contributed by atoms with van der Waals surface area (Å²) < 4.78 is 0. The highest BCUT2D eigenvalue weighted by atomic mass is 14.9. The van der Waals surface area contributed by atoms with Crippen LogP contribution in [0.2, 0.25) is 0 Å². The second-order valence-corrected chi connectivity index (χ2v) is 2.76. The van der Waals surface area contributed by atoms with Crippen molar-refractivity contribution in [3.05, 3.63) is 11.3 Å². The van der Waals surface area contributed by atoms with Crippen LogP contribution >= 0.6 is 0 Å². The first-order chi connectivity index (χ1) is 4.97. The molecular formula is C8H11N2. The largest absolute Gasteiger partial charge is 0.293 e. The van der Waals surface area contributed by atoms with Crippen LogP contribution in [0.3, 0.4) is 0 Å². The predicted molar refractivity (Wildman–Crippen MR) is 41.2 cm³/mol. The average Bonchev–Trinajstić information content (AvgIpc) is 2.05. The van der Waals surface area contributed by atoms with E-state index < -0.39 is 0 Å². The van der Waals surface area contributed by atoms with Gasteiger partial charge in [0.2, 0.25) is 0 Å². The maximum atomic E-state index is 4.44. The topological polar surface area (TPSA) is 26.5 Å². The molecule has 0 atom stereocenters. The molecule has 0 aromatic carbocycles. The van der Waals surface area contributed by atoms with Gasteiger partial charge in [-0.05, 0) is 18.4 Å². The van der Waals surface area contributed by atoms with Crippen molar-refractivity contribution in [2.24, 2.45) is 4.99 Å². The first-order valence-electron chi connectivity index (χ1n) is 3.83. The van der Waals surface area contributed by atoms with Crippen LogP contribution in [0.25, 0.3) is 0 Å². The third-order valence-corrected chi connectivity index (χ3v) is 2.04. The molecule has 0 aromatic rings. The summed E-state index contributed by atoms with van der Waals surface area (Å²) in [7, 11) is 0. The van der Waals surface area contributed by atoms with E-state index in [1.54, 1.807) is 0 Å². The molecule has 2 rings (SSSR count). The number of hydrogen-bond acceptors (Lipinski definition) is 1. The van der Waals surface area contributed by atoms with Crippen LogP contribution in [0.15, 0.2) is 16.3 Å². The molecule has 0 unspecified atom stereocenters. The minimum absolute atomic E-state index is 0.916. The molecule has 0 fully saturated rings. The Hall–Kier alpha value is -0.790. The molecule has 1 radical (unpaired) electrons. The van der Waals surface area contributed by atoms with Gasteiger partial charge in [-0.2, -0.15) is 0 Å². The van der Waals surface area contributed by atoms with Gasteiger partial charge in [0.25, 0.3) is 0 Å². The van der Waals surface area contributed by atoms with Crippen molar-refractivity contribution in [1.82, 2.24) is 5.32 Å². The van der Waals surface area contributed by atoms with Crippen molar-refractivity contribution in [2.75, 3.05) is 13.1 Å². The van der Waals surface area contributed by atoms with Crippen molar-refractivity contribution in [3.8, 4) is 0 Å². The molecule has 0 aliphatic carbocycles. The lowest BCUT2D eigenvalue weighted by Gasteiger charge is -2.20. The highest BCUT2D eigenvalue weighted by Gasteiger charge is 2.13.